The summed E-state index contributed by atoms with van der Waals surface area (Å²) in [6.45, 7) is 0. The number of hydrogen-bond acceptors (Lipinski definition) is 3. The molecule has 0 aliphatic heterocycles. The van der Waals surface area contributed by atoms with Crippen LogP contribution in [0.4, 0.5) is 5.69 Å². The third-order valence-corrected chi connectivity index (χ3v) is 2.41. The van der Waals surface area contributed by atoms with Crippen LogP contribution in [0.2, 0.25) is 0 Å². The van der Waals surface area contributed by atoms with E-state index in [0.717, 1.165) is 22.3 Å². The van der Waals surface area contributed by atoms with Gasteiger partial charge in [-0.25, -0.2) is 0 Å². The van der Waals surface area contributed by atoms with Crippen molar-refractivity contribution in [1.82, 2.24) is 0 Å². The Morgan fingerprint density at radius 1 is 1.00 bits per heavy atom. The molecule has 2 aromatic rings. The summed E-state index contributed by atoms with van der Waals surface area (Å²) in [5, 5.41) is 2.05. The predicted molar refractivity (Wildman–Crippen MR) is 61.5 cm³/mol. The van der Waals surface area contributed by atoms with Crippen molar-refractivity contribution in [3.05, 3.63) is 30.3 Å². The number of methoxy groups -OCH3 is 2. The lowest BCUT2D eigenvalue weighted by Crippen LogP contribution is -1.93. The first-order valence-electron chi connectivity index (χ1n) is 4.66. The molecule has 15 heavy (non-hydrogen) atoms. The van der Waals surface area contributed by atoms with Gasteiger partial charge in [0.2, 0.25) is 0 Å². The van der Waals surface area contributed by atoms with E-state index in [1.807, 2.05) is 30.3 Å². The van der Waals surface area contributed by atoms with Crippen molar-refractivity contribution in [2.45, 2.75) is 0 Å². The van der Waals surface area contributed by atoms with Crippen LogP contribution in [0.15, 0.2) is 30.3 Å². The molecule has 0 amide bonds. The fourth-order valence-corrected chi connectivity index (χ4v) is 1.65. The van der Waals surface area contributed by atoms with Crippen LogP contribution in [0.3, 0.4) is 0 Å². The quantitative estimate of drug-likeness (QED) is 0.762. The Morgan fingerprint density at radius 3 is 2.47 bits per heavy atom. The van der Waals surface area contributed by atoms with Crippen molar-refractivity contribution in [2.24, 2.45) is 0 Å². The van der Waals surface area contributed by atoms with Gasteiger partial charge in [0.15, 0.2) is 0 Å². The molecule has 0 saturated heterocycles. The lowest BCUT2D eigenvalue weighted by molar-refractivity contribution is 0.414. The number of anilines is 1. The number of hydrogen-bond donors (Lipinski definition) is 1. The molecule has 0 aliphatic carbocycles. The minimum Gasteiger partial charge on any atom is -0.497 e. The van der Waals surface area contributed by atoms with Crippen LogP contribution in [0.1, 0.15) is 0 Å². The SMILES string of the molecule is COc1ccc2c(OC)c(N)ccc2c1. The lowest BCUT2D eigenvalue weighted by Gasteiger charge is -2.09. The average Bonchev–Trinajstić information content (AvgIpc) is 2.28. The zero-order chi connectivity index (χ0) is 10.8. The van der Waals surface area contributed by atoms with Crippen molar-refractivity contribution < 1.29 is 9.47 Å². The van der Waals surface area contributed by atoms with Crippen LogP contribution >= 0.6 is 0 Å². The maximum absolute atomic E-state index is 5.81. The Labute approximate surface area is 88.4 Å². The van der Waals surface area contributed by atoms with Crippen molar-refractivity contribution in [1.29, 1.82) is 0 Å². The predicted octanol–water partition coefficient (Wildman–Crippen LogP) is 2.44. The van der Waals surface area contributed by atoms with Gasteiger partial charge in [0.25, 0.3) is 0 Å². The highest BCUT2D eigenvalue weighted by atomic mass is 16.5. The van der Waals surface area contributed by atoms with Crippen LogP contribution in [0, 0.1) is 0 Å². The number of nitrogens with two attached hydrogens (primary N) is 1. The number of ether oxygens (including phenoxy) is 2. The van der Waals surface area contributed by atoms with Crippen LogP contribution in [0.25, 0.3) is 10.8 Å². The molecule has 3 heteroatoms. The first-order valence-corrected chi connectivity index (χ1v) is 4.66. The van der Waals surface area contributed by atoms with Gasteiger partial charge in [-0.05, 0) is 29.7 Å². The molecule has 0 saturated carbocycles. The Hall–Kier alpha value is -1.90. The second-order valence-electron chi connectivity index (χ2n) is 3.28. The van der Waals surface area contributed by atoms with E-state index in [0.29, 0.717) is 5.69 Å². The topological polar surface area (TPSA) is 44.5 Å². The van der Waals surface area contributed by atoms with Crippen molar-refractivity contribution in [3.63, 3.8) is 0 Å². The molecule has 2 rings (SSSR count). The summed E-state index contributed by atoms with van der Waals surface area (Å²) >= 11 is 0. The molecule has 0 aromatic heterocycles. The summed E-state index contributed by atoms with van der Waals surface area (Å²) in [6, 6.07) is 9.58. The second-order valence-corrected chi connectivity index (χ2v) is 3.28. The Morgan fingerprint density at radius 2 is 1.80 bits per heavy atom. The summed E-state index contributed by atoms with van der Waals surface area (Å²) in [7, 11) is 3.27. The fourth-order valence-electron chi connectivity index (χ4n) is 1.65. The first kappa shape index (κ1) is 9.65. The minimum atomic E-state index is 0.648. The maximum atomic E-state index is 5.81. The van der Waals surface area contributed by atoms with E-state index in [4.69, 9.17) is 15.2 Å². The smallest absolute Gasteiger partial charge is 0.149 e. The molecule has 0 heterocycles. The molecule has 0 radical (unpaired) electrons. The third kappa shape index (κ3) is 1.56. The van der Waals surface area contributed by atoms with Crippen molar-refractivity contribution >= 4 is 16.5 Å². The van der Waals surface area contributed by atoms with Crippen LogP contribution in [0.5, 0.6) is 11.5 Å². The van der Waals surface area contributed by atoms with Crippen LogP contribution in [-0.2, 0) is 0 Å². The van der Waals surface area contributed by atoms with Crippen LogP contribution < -0.4 is 15.2 Å². The van der Waals surface area contributed by atoms with E-state index in [2.05, 4.69) is 0 Å². The van der Waals surface area contributed by atoms with Gasteiger partial charge < -0.3 is 15.2 Å². The van der Waals surface area contributed by atoms with E-state index >= 15 is 0 Å². The molecule has 0 aliphatic rings. The first-order chi connectivity index (χ1) is 7.26. The zero-order valence-electron chi connectivity index (χ0n) is 8.78. The molecule has 0 fully saturated rings. The molecule has 0 bridgehead atoms. The van der Waals surface area contributed by atoms with Gasteiger partial charge in [0.1, 0.15) is 11.5 Å². The van der Waals surface area contributed by atoms with Crippen molar-refractivity contribution in [2.75, 3.05) is 20.0 Å². The molecular formula is C12H13NO2. The standard InChI is InChI=1S/C12H13NO2/c1-14-9-4-5-10-8(7-9)3-6-11(13)12(10)15-2/h3-7H,13H2,1-2H3. The van der Waals surface area contributed by atoms with E-state index in [-0.39, 0.29) is 0 Å². The lowest BCUT2D eigenvalue weighted by atomic mass is 10.1. The monoisotopic (exact) mass is 203 g/mol. The average molecular weight is 203 g/mol. The number of nitrogen functional groups attached to an aromatic ring is 1. The zero-order valence-corrected chi connectivity index (χ0v) is 8.78. The number of benzene rings is 2. The van der Waals surface area contributed by atoms with E-state index in [1.165, 1.54) is 0 Å². The molecule has 0 unspecified atom stereocenters. The minimum absolute atomic E-state index is 0.648. The molecular weight excluding hydrogens is 190 g/mol. The summed E-state index contributed by atoms with van der Waals surface area (Å²) in [4.78, 5) is 0. The highest BCUT2D eigenvalue weighted by Gasteiger charge is 2.05. The summed E-state index contributed by atoms with van der Waals surface area (Å²) < 4.78 is 10.4. The van der Waals surface area contributed by atoms with Gasteiger partial charge in [-0.15, -0.1) is 0 Å². The molecule has 2 N–H and O–H groups in total. The fraction of sp³-hybridized carbons (Fsp3) is 0.167. The van der Waals surface area contributed by atoms with Gasteiger partial charge in [-0.3, -0.25) is 0 Å². The number of fused-ring (bicyclic) bond motifs is 1. The van der Waals surface area contributed by atoms with Gasteiger partial charge in [0, 0.05) is 5.39 Å². The summed E-state index contributed by atoms with van der Waals surface area (Å²) in [6.07, 6.45) is 0. The van der Waals surface area contributed by atoms with Gasteiger partial charge >= 0.3 is 0 Å². The molecule has 0 atom stereocenters. The Kier molecular flexibility index (Phi) is 2.37. The number of rotatable bonds is 2. The molecule has 2 aromatic carbocycles. The third-order valence-electron chi connectivity index (χ3n) is 2.41. The molecule has 78 valence electrons. The highest BCUT2D eigenvalue weighted by molar-refractivity contribution is 5.93. The summed E-state index contributed by atoms with van der Waals surface area (Å²) in [5.74, 6) is 1.55. The van der Waals surface area contributed by atoms with Gasteiger partial charge in [-0.1, -0.05) is 6.07 Å². The van der Waals surface area contributed by atoms with E-state index < -0.39 is 0 Å². The van der Waals surface area contributed by atoms with Crippen molar-refractivity contribution in [3.8, 4) is 11.5 Å². The van der Waals surface area contributed by atoms with E-state index in [9.17, 15) is 0 Å². The maximum Gasteiger partial charge on any atom is 0.149 e. The molecule has 0 spiro atoms. The Bertz CT molecular complexity index is 494. The van der Waals surface area contributed by atoms with Gasteiger partial charge in [-0.2, -0.15) is 0 Å². The molecule has 3 nitrogen and oxygen atoms in total. The van der Waals surface area contributed by atoms with E-state index in [1.54, 1.807) is 14.2 Å². The van der Waals surface area contributed by atoms with Crippen LogP contribution in [-0.4, -0.2) is 14.2 Å². The highest BCUT2D eigenvalue weighted by Crippen LogP contribution is 2.33. The largest absolute Gasteiger partial charge is 0.497 e. The Balaban J connectivity index is 2.72. The second kappa shape index (κ2) is 3.69. The normalized spacial score (nSPS) is 10.3. The van der Waals surface area contributed by atoms with Gasteiger partial charge in [0.05, 0.1) is 19.9 Å². The summed E-state index contributed by atoms with van der Waals surface area (Å²) in [5.41, 5.74) is 6.46.